The number of carbonyl (C=O) groups is 2. The van der Waals surface area contributed by atoms with E-state index in [1.807, 2.05) is 29.6 Å². The molecule has 5 rings (SSSR count). The van der Waals surface area contributed by atoms with Crippen LogP contribution in [0.1, 0.15) is 12.8 Å². The summed E-state index contributed by atoms with van der Waals surface area (Å²) >= 11 is 0. The van der Waals surface area contributed by atoms with Gasteiger partial charge in [0, 0.05) is 59.8 Å². The maximum atomic E-state index is 13.3. The molecule has 3 fully saturated rings. The number of para-hydroxylation sites is 1. The minimum absolute atomic E-state index is 0. The molecule has 2 aromatic rings. The largest absolute Gasteiger partial charge is 0.488 e. The van der Waals surface area contributed by atoms with Crippen molar-refractivity contribution < 1.29 is 70.0 Å². The van der Waals surface area contributed by atoms with Crippen LogP contribution in [0.15, 0.2) is 54.2 Å². The van der Waals surface area contributed by atoms with E-state index in [2.05, 4.69) is 21.3 Å². The molecule has 1 saturated carbocycles. The van der Waals surface area contributed by atoms with Crippen LogP contribution >= 0.6 is 0 Å². The molecule has 3 N–H and O–H groups in total. The summed E-state index contributed by atoms with van der Waals surface area (Å²) in [5, 5.41) is 12.0. The fourth-order valence-electron chi connectivity index (χ4n) is 4.52. The van der Waals surface area contributed by atoms with Gasteiger partial charge in [0.1, 0.15) is 17.9 Å². The summed E-state index contributed by atoms with van der Waals surface area (Å²) in [6.07, 6.45) is 2.35. The third-order valence-corrected chi connectivity index (χ3v) is 7.54. The van der Waals surface area contributed by atoms with E-state index < -0.39 is 46.0 Å². The first kappa shape index (κ1) is 29.1. The molecule has 0 spiro atoms. The summed E-state index contributed by atoms with van der Waals surface area (Å²) in [6, 6.07) is 7.82. The van der Waals surface area contributed by atoms with Crippen LogP contribution in [-0.2, 0) is 56.9 Å². The molecule has 0 radical (unpaired) electrons. The fourth-order valence-corrected chi connectivity index (χ4v) is 5.76. The molecule has 1 aromatic heterocycles. The van der Waals surface area contributed by atoms with Gasteiger partial charge < -0.3 is 29.8 Å². The van der Waals surface area contributed by atoms with Gasteiger partial charge in [-0.15, -0.1) is 18.7 Å². The Balaban J connectivity index is 0.00000190. The van der Waals surface area contributed by atoms with Gasteiger partial charge in [-0.05, 0) is 30.5 Å². The number of sulfonamides is 1. The number of rotatable bonds is 5. The number of hydrogen-bond donors (Lipinski definition) is 3. The Morgan fingerprint density at radius 1 is 1.32 bits per heavy atom. The van der Waals surface area contributed by atoms with Gasteiger partial charge in [-0.2, -0.15) is 0 Å². The number of carbonyl (C=O) groups excluding carboxylic acids is 1. The number of amides is 2. The number of fused-ring (bicyclic) bond motifs is 2. The third-order valence-electron chi connectivity index (χ3n) is 6.25. The van der Waals surface area contributed by atoms with Crippen LogP contribution in [0.5, 0.6) is 5.75 Å². The number of nitrogens with zero attached hydrogens (tertiary/aromatic N) is 3. The van der Waals surface area contributed by atoms with E-state index in [1.54, 1.807) is 18.3 Å². The number of pyridine rings is 1. The molecule has 2 aliphatic heterocycles. The molecule has 37 heavy (non-hydrogen) atoms. The van der Waals surface area contributed by atoms with Crippen molar-refractivity contribution in [2.24, 2.45) is 10.9 Å². The van der Waals surface area contributed by atoms with Gasteiger partial charge in [-0.1, -0.05) is 24.5 Å². The standard InChI is InChI=1S/C23H24N5O6S.2W/c1-2-13-9-17(13)25-21-19-10-14(34-20-7-8-24-16-6-4-3-5-15(16)20)11-28(19)22(29)18(26-23(30)31)12-35(32,33)27-21;;/h2-8,13-14,18-19,26H,1,9-12H2,(H,25,27)(H,30,31);;/q-1;;. The predicted molar refractivity (Wildman–Crippen MR) is 127 cm³/mol. The van der Waals surface area contributed by atoms with Crippen molar-refractivity contribution in [2.75, 3.05) is 12.3 Å². The molecule has 0 bridgehead atoms. The second-order valence-corrected chi connectivity index (χ2v) is 10.5. The van der Waals surface area contributed by atoms with Gasteiger partial charge >= 0.3 is 6.09 Å². The molecule has 196 valence electrons. The Bertz CT molecular complexity index is 1330. The predicted octanol–water partition coefficient (Wildman–Crippen LogP) is 1.28. The Labute approximate surface area is 242 Å². The molecular formula is C23H24N5O6SW2-. The van der Waals surface area contributed by atoms with Crippen LogP contribution in [-0.4, -0.2) is 71.7 Å². The van der Waals surface area contributed by atoms with Crippen molar-refractivity contribution in [1.29, 1.82) is 0 Å². The average Bonchev–Trinajstić information content (AvgIpc) is 3.44. The van der Waals surface area contributed by atoms with Crippen molar-refractivity contribution in [3.63, 3.8) is 0 Å². The normalized spacial score (nSPS) is 27.0. The van der Waals surface area contributed by atoms with Crippen LogP contribution < -0.4 is 14.8 Å². The molecule has 3 aliphatic rings. The van der Waals surface area contributed by atoms with Gasteiger partial charge in [-0.25, -0.2) is 13.2 Å². The fraction of sp³-hybridized carbons (Fsp3) is 0.348. The number of nitrogens with one attached hydrogen (secondary N) is 2. The molecule has 2 saturated heterocycles. The van der Waals surface area contributed by atoms with Crippen molar-refractivity contribution in [1.82, 2.24) is 19.9 Å². The van der Waals surface area contributed by atoms with E-state index in [9.17, 15) is 23.1 Å². The molecule has 11 nitrogen and oxygen atoms in total. The molecule has 1 aliphatic carbocycles. The first-order valence-corrected chi connectivity index (χ1v) is 12.8. The van der Waals surface area contributed by atoms with Crippen molar-refractivity contribution >= 4 is 38.8 Å². The van der Waals surface area contributed by atoms with Crippen LogP contribution in [0.2, 0.25) is 0 Å². The first-order valence-electron chi connectivity index (χ1n) is 11.1. The number of hydrogen-bond acceptors (Lipinski definition) is 7. The summed E-state index contributed by atoms with van der Waals surface area (Å²) in [7, 11) is -4.05. The topological polar surface area (TPSA) is 150 Å². The Morgan fingerprint density at radius 2 is 2.08 bits per heavy atom. The summed E-state index contributed by atoms with van der Waals surface area (Å²) in [5.41, 5.74) is 0.756. The molecule has 2 amide bonds. The SMILES string of the molecule is C=CC1C[C-]1N=C1NS(=O)(=O)CC(NC(=O)O)C(=O)N2CC(Oc3ccnc4ccccc34)CC12.[W].[W]. The Hall–Kier alpha value is -2.42. The molecular weight excluding hydrogens is 842 g/mol. The Morgan fingerprint density at radius 3 is 2.78 bits per heavy atom. The van der Waals surface area contributed by atoms with Gasteiger partial charge in [0.25, 0.3) is 0 Å². The van der Waals surface area contributed by atoms with Crippen LogP contribution in [0.4, 0.5) is 4.79 Å². The second kappa shape index (κ2) is 11.5. The summed E-state index contributed by atoms with van der Waals surface area (Å²) in [5.74, 6) is -0.578. The molecule has 3 heterocycles. The molecule has 4 atom stereocenters. The van der Waals surface area contributed by atoms with Gasteiger partial charge in [0.2, 0.25) is 15.9 Å². The van der Waals surface area contributed by atoms with Crippen LogP contribution in [0.25, 0.3) is 10.9 Å². The zero-order valence-electron chi connectivity index (χ0n) is 19.4. The molecule has 4 unspecified atom stereocenters. The molecule has 1 aromatic carbocycles. The van der Waals surface area contributed by atoms with E-state index in [0.717, 1.165) is 16.9 Å². The van der Waals surface area contributed by atoms with Gasteiger partial charge in [-0.3, -0.25) is 9.78 Å². The zero-order valence-corrected chi connectivity index (χ0v) is 26.1. The number of aromatic nitrogens is 1. The minimum atomic E-state index is -4.05. The molecule has 14 heteroatoms. The average molecular weight is 866 g/mol. The minimum Gasteiger partial charge on any atom is -0.488 e. The first-order chi connectivity index (χ1) is 16.7. The van der Waals surface area contributed by atoms with E-state index in [4.69, 9.17) is 4.74 Å². The van der Waals surface area contributed by atoms with Gasteiger partial charge in [0.15, 0.2) is 0 Å². The van der Waals surface area contributed by atoms with E-state index in [1.165, 1.54) is 4.90 Å². The smallest absolute Gasteiger partial charge is 0.405 e. The summed E-state index contributed by atoms with van der Waals surface area (Å²) < 4.78 is 34.3. The van der Waals surface area contributed by atoms with Crippen LogP contribution in [0.3, 0.4) is 0 Å². The van der Waals surface area contributed by atoms with Gasteiger partial charge in [0.05, 0.1) is 17.8 Å². The zero-order chi connectivity index (χ0) is 24.7. The van der Waals surface area contributed by atoms with E-state index >= 15 is 0 Å². The monoisotopic (exact) mass is 866 g/mol. The number of carboxylic acid groups (broad SMARTS) is 1. The number of aliphatic imine (C=N–C) groups is 1. The van der Waals surface area contributed by atoms with Crippen molar-refractivity contribution in [3.05, 3.63) is 55.2 Å². The summed E-state index contributed by atoms with van der Waals surface area (Å²) in [6.45, 7) is 3.88. The van der Waals surface area contributed by atoms with E-state index in [-0.39, 0.29) is 66.8 Å². The second-order valence-electron chi connectivity index (χ2n) is 8.73. The summed E-state index contributed by atoms with van der Waals surface area (Å²) in [4.78, 5) is 34.9. The van der Waals surface area contributed by atoms with E-state index in [0.29, 0.717) is 12.2 Å². The van der Waals surface area contributed by atoms with Crippen molar-refractivity contribution in [2.45, 2.75) is 31.0 Å². The maximum absolute atomic E-state index is 13.3. The van der Waals surface area contributed by atoms with Crippen LogP contribution in [0, 0.1) is 12.0 Å². The number of amidine groups is 1. The Kier molecular flexibility index (Phi) is 9.08. The quantitative estimate of drug-likeness (QED) is 0.303. The number of benzene rings is 1. The third kappa shape index (κ3) is 6.36. The van der Waals surface area contributed by atoms with Crippen molar-refractivity contribution in [3.8, 4) is 5.75 Å². The maximum Gasteiger partial charge on any atom is 0.405 e. The number of ether oxygens (including phenoxy) is 1.